The van der Waals surface area contributed by atoms with Gasteiger partial charge in [-0.25, -0.2) is 4.79 Å². The molecule has 0 saturated heterocycles. The zero-order valence-electron chi connectivity index (χ0n) is 11.8. The first kappa shape index (κ1) is 15.5. The number of benzene rings is 1. The van der Waals surface area contributed by atoms with E-state index in [2.05, 4.69) is 17.7 Å². The summed E-state index contributed by atoms with van der Waals surface area (Å²) in [6.07, 6.45) is 0.328. The molecular weight excluding hydrogens is 240 g/mol. The molecule has 1 atom stereocenters. The van der Waals surface area contributed by atoms with Crippen LogP contribution < -0.4 is 10.6 Å². The Hall–Kier alpha value is -1.55. The number of nitrogens with one attached hydrogen (secondary N) is 1. The van der Waals surface area contributed by atoms with E-state index in [9.17, 15) is 4.79 Å². The molecule has 0 bridgehead atoms. The smallest absolute Gasteiger partial charge is 0.407 e. The van der Waals surface area contributed by atoms with Crippen molar-refractivity contribution in [2.75, 3.05) is 6.54 Å². The monoisotopic (exact) mass is 262 g/mol. The quantitative estimate of drug-likeness (QED) is 0.829. The minimum Gasteiger partial charge on any atom is -0.444 e. The lowest BCUT2D eigenvalue weighted by Gasteiger charge is -2.23. The van der Waals surface area contributed by atoms with Gasteiger partial charge in [0.15, 0.2) is 0 Å². The molecule has 0 spiro atoms. The van der Waals surface area contributed by atoms with Gasteiger partial charge in [0, 0.05) is 12.6 Å². The first-order valence-corrected chi connectivity index (χ1v) is 6.37. The van der Waals surface area contributed by atoms with Crippen LogP contribution in [0.1, 0.15) is 26.3 Å². The van der Waals surface area contributed by atoms with Gasteiger partial charge in [0.2, 0.25) is 0 Å². The fourth-order valence-electron chi connectivity index (χ4n) is 1.60. The number of nitrogens with zero attached hydrogens (tertiary/aromatic N) is 1. The largest absolute Gasteiger partial charge is 0.444 e. The maximum atomic E-state index is 11.5. The van der Waals surface area contributed by atoms with Crippen molar-refractivity contribution in [3.05, 3.63) is 42.9 Å². The summed E-state index contributed by atoms with van der Waals surface area (Å²) in [6, 6.07) is 9.96. The van der Waals surface area contributed by atoms with E-state index in [1.54, 1.807) is 0 Å². The Morgan fingerprint density at radius 2 is 2.00 bits per heavy atom. The lowest BCUT2D eigenvalue weighted by molar-refractivity contribution is 0.0523. The maximum Gasteiger partial charge on any atom is 0.407 e. The van der Waals surface area contributed by atoms with Crippen molar-refractivity contribution >= 4 is 6.09 Å². The van der Waals surface area contributed by atoms with E-state index in [1.807, 2.05) is 51.1 Å². The van der Waals surface area contributed by atoms with Gasteiger partial charge < -0.3 is 15.4 Å². The zero-order valence-corrected chi connectivity index (χ0v) is 11.8. The van der Waals surface area contributed by atoms with Gasteiger partial charge in [-0.1, -0.05) is 30.3 Å². The second-order valence-electron chi connectivity index (χ2n) is 5.41. The molecule has 0 heterocycles. The van der Waals surface area contributed by atoms with Crippen LogP contribution in [0.2, 0.25) is 0 Å². The van der Waals surface area contributed by atoms with Crippen molar-refractivity contribution in [1.29, 1.82) is 0 Å². The van der Waals surface area contributed by atoms with Crippen LogP contribution in [0.25, 0.3) is 0 Å². The average molecular weight is 262 g/mol. The van der Waals surface area contributed by atoms with Crippen molar-refractivity contribution in [3.63, 3.8) is 0 Å². The lowest BCUT2D eigenvalue weighted by atomic mass is 10.1. The number of alkyl carbamates (subject to hydrolysis) is 1. The molecule has 1 rings (SSSR count). The van der Waals surface area contributed by atoms with Gasteiger partial charge in [-0.15, -0.1) is 0 Å². The molecule has 0 fully saturated rings. The van der Waals surface area contributed by atoms with E-state index in [0.717, 1.165) is 6.42 Å². The van der Waals surface area contributed by atoms with Gasteiger partial charge in [-0.3, -0.25) is 7.05 Å². The summed E-state index contributed by atoms with van der Waals surface area (Å²) in [5.74, 6) is 0. The van der Waals surface area contributed by atoms with E-state index in [4.69, 9.17) is 4.74 Å². The molecule has 1 radical (unpaired) electrons. The van der Waals surface area contributed by atoms with Crippen LogP contribution in [-0.2, 0) is 11.2 Å². The summed E-state index contributed by atoms with van der Waals surface area (Å²) >= 11 is 0. The number of amides is 1. The van der Waals surface area contributed by atoms with Crippen LogP contribution in [0.15, 0.2) is 30.3 Å². The topological polar surface area (TPSA) is 52.4 Å². The van der Waals surface area contributed by atoms with Crippen LogP contribution in [0.5, 0.6) is 0 Å². The number of rotatable bonds is 5. The van der Waals surface area contributed by atoms with E-state index in [1.165, 1.54) is 5.56 Å². The molecule has 1 aromatic rings. The molecule has 0 aliphatic heterocycles. The zero-order chi connectivity index (χ0) is 14.3. The molecule has 0 aliphatic rings. The van der Waals surface area contributed by atoms with Crippen molar-refractivity contribution in [1.82, 2.24) is 10.6 Å². The van der Waals surface area contributed by atoms with Crippen LogP contribution in [0.3, 0.4) is 0 Å². The predicted octanol–water partition coefficient (Wildman–Crippen LogP) is 2.52. The molecule has 19 heavy (non-hydrogen) atoms. The first-order chi connectivity index (χ1) is 8.90. The van der Waals surface area contributed by atoms with E-state index in [-0.39, 0.29) is 6.04 Å². The minimum atomic E-state index is -0.485. The van der Waals surface area contributed by atoms with Gasteiger partial charge in [-0.2, -0.15) is 0 Å². The SMILES string of the molecule is [CH2-][N]C(CNC(=O)OC(C)(C)C)Cc1ccccc1. The van der Waals surface area contributed by atoms with Crippen LogP contribution in [0.4, 0.5) is 4.79 Å². The molecule has 0 aliphatic carbocycles. The molecule has 0 aromatic heterocycles. The number of hydrogen-bond donors (Lipinski definition) is 1. The summed E-state index contributed by atoms with van der Waals surface area (Å²) in [4.78, 5) is 11.5. The summed E-state index contributed by atoms with van der Waals surface area (Å²) in [6.45, 7) is 5.92. The highest BCUT2D eigenvalue weighted by Gasteiger charge is 2.16. The summed E-state index contributed by atoms with van der Waals surface area (Å²) < 4.78 is 5.17. The van der Waals surface area contributed by atoms with Crippen LogP contribution in [0, 0.1) is 7.05 Å². The standard InChI is InChI=1S/C15H22N2O2/c1-15(2,3)19-14(18)17-11-13(16-4)10-12-8-6-5-7-9-12/h5-9,13H,4,10-11H2,1-3H3,(H,17,18)/q-1. The number of carbonyl (C=O) groups is 1. The second kappa shape index (κ2) is 7.14. The Balaban J connectivity index is 2.39. The molecule has 0 saturated carbocycles. The fraction of sp³-hybridized carbons (Fsp3) is 0.467. The maximum absolute atomic E-state index is 11.5. The molecule has 4 nitrogen and oxygen atoms in total. The summed E-state index contributed by atoms with van der Waals surface area (Å²) in [5, 5.41) is 6.75. The van der Waals surface area contributed by atoms with Gasteiger partial charge >= 0.3 is 6.09 Å². The Bertz CT molecular complexity index is 385. The second-order valence-corrected chi connectivity index (χ2v) is 5.41. The van der Waals surface area contributed by atoms with E-state index in [0.29, 0.717) is 6.54 Å². The third-order valence-electron chi connectivity index (χ3n) is 2.45. The van der Waals surface area contributed by atoms with Gasteiger partial charge in [0.25, 0.3) is 0 Å². The van der Waals surface area contributed by atoms with E-state index >= 15 is 0 Å². The van der Waals surface area contributed by atoms with Gasteiger partial charge in [-0.05, 0) is 32.8 Å². The normalized spacial score (nSPS) is 12.8. The van der Waals surface area contributed by atoms with Gasteiger partial charge in [0.05, 0.1) is 0 Å². The Labute approximate surface area is 115 Å². The molecule has 4 heteroatoms. The molecule has 1 amide bonds. The third-order valence-corrected chi connectivity index (χ3v) is 2.45. The molecule has 1 aromatic carbocycles. The highest BCUT2D eigenvalue weighted by molar-refractivity contribution is 5.67. The van der Waals surface area contributed by atoms with Crippen molar-refractivity contribution in [3.8, 4) is 0 Å². The fourth-order valence-corrected chi connectivity index (χ4v) is 1.60. The molecule has 1 N–H and O–H groups in total. The molecule has 1 unspecified atom stereocenters. The Morgan fingerprint density at radius 1 is 1.37 bits per heavy atom. The van der Waals surface area contributed by atoms with Crippen LogP contribution >= 0.6 is 0 Å². The minimum absolute atomic E-state index is 0.0464. The molecule has 105 valence electrons. The number of carbonyl (C=O) groups excluding carboxylic acids is 1. The van der Waals surface area contributed by atoms with Crippen LogP contribution in [-0.4, -0.2) is 24.3 Å². The Kier molecular flexibility index (Phi) is 5.83. The van der Waals surface area contributed by atoms with Gasteiger partial charge in [0.1, 0.15) is 5.60 Å². The van der Waals surface area contributed by atoms with Crippen molar-refractivity contribution in [2.24, 2.45) is 0 Å². The number of ether oxygens (including phenoxy) is 1. The average Bonchev–Trinajstić information content (AvgIpc) is 2.33. The summed E-state index contributed by atoms with van der Waals surface area (Å²) in [7, 11) is 3.57. The van der Waals surface area contributed by atoms with Crippen molar-refractivity contribution < 1.29 is 9.53 Å². The lowest BCUT2D eigenvalue weighted by Crippen LogP contribution is -2.40. The highest BCUT2D eigenvalue weighted by atomic mass is 16.6. The highest BCUT2D eigenvalue weighted by Crippen LogP contribution is 2.07. The van der Waals surface area contributed by atoms with Crippen molar-refractivity contribution in [2.45, 2.75) is 38.8 Å². The molecular formula is C15H22N2O2-. The summed E-state index contributed by atoms with van der Waals surface area (Å²) in [5.41, 5.74) is 0.687. The van der Waals surface area contributed by atoms with E-state index < -0.39 is 11.7 Å². The Morgan fingerprint density at radius 3 is 2.53 bits per heavy atom. The third kappa shape index (κ3) is 6.82. The first-order valence-electron chi connectivity index (χ1n) is 6.37. The number of hydrogen-bond acceptors (Lipinski definition) is 2. The predicted molar refractivity (Wildman–Crippen MR) is 75.7 cm³/mol.